The van der Waals surface area contributed by atoms with Crippen LogP contribution in [0.5, 0.6) is 0 Å². The lowest BCUT2D eigenvalue weighted by molar-refractivity contribution is 1.29. The summed E-state index contributed by atoms with van der Waals surface area (Å²) < 4.78 is 0.534. The Morgan fingerprint density at radius 1 is 1.67 bits per heavy atom. The molecule has 0 aliphatic heterocycles. The quantitative estimate of drug-likeness (QED) is 0.253. The Balaban J connectivity index is 3.81. The van der Waals surface area contributed by atoms with E-state index in [1.54, 1.807) is 0 Å². The van der Waals surface area contributed by atoms with E-state index in [4.69, 9.17) is 17.5 Å². The molecule has 0 fully saturated rings. The first-order chi connectivity index (χ1) is 4.18. The predicted octanol–water partition coefficient (Wildman–Crippen LogP) is 1.47. The number of thiol groups is 1. The van der Waals surface area contributed by atoms with Gasteiger partial charge in [0.1, 0.15) is 0 Å². The molecule has 0 saturated carbocycles. The lowest BCUT2D eigenvalue weighted by atomic mass is 11.4. The van der Waals surface area contributed by atoms with Crippen molar-refractivity contribution in [1.82, 2.24) is 0 Å². The molecule has 0 aromatic rings. The highest BCUT2D eigenvalue weighted by atomic mass is 32.2. The van der Waals surface area contributed by atoms with Crippen LogP contribution in [-0.2, 0) is 0 Å². The SMILES string of the molecule is C[SH](C)C(=S)N=NC#N. The minimum absolute atomic E-state index is 0.353. The third-order valence-electron chi connectivity index (χ3n) is 0.563. The van der Waals surface area contributed by atoms with E-state index >= 15 is 0 Å². The number of thiocarbonyl (C=S) groups is 1. The Morgan fingerprint density at radius 2 is 2.22 bits per heavy atom. The lowest BCUT2D eigenvalue weighted by Crippen LogP contribution is -1.85. The summed E-state index contributed by atoms with van der Waals surface area (Å²) in [5, 5.41) is 14.5. The molecule has 0 unspecified atom stereocenters. The van der Waals surface area contributed by atoms with Gasteiger partial charge in [0, 0.05) is 0 Å². The summed E-state index contributed by atoms with van der Waals surface area (Å²) >= 11 is 4.76. The van der Waals surface area contributed by atoms with Crippen LogP contribution >= 0.6 is 23.1 Å². The first-order valence-electron chi connectivity index (χ1n) is 2.19. The number of azo groups is 1. The number of hydrogen-bond donors (Lipinski definition) is 1. The van der Waals surface area contributed by atoms with Crippen molar-refractivity contribution in [2.75, 3.05) is 12.5 Å². The normalized spacial score (nSPS) is 11.0. The average molecular weight is 161 g/mol. The molecule has 0 aromatic carbocycles. The largest absolute Gasteiger partial charge is 0.226 e. The molecule has 0 saturated heterocycles. The first kappa shape index (κ1) is 8.53. The van der Waals surface area contributed by atoms with Gasteiger partial charge < -0.3 is 0 Å². The van der Waals surface area contributed by atoms with Crippen LogP contribution in [0.3, 0.4) is 0 Å². The van der Waals surface area contributed by atoms with E-state index in [0.29, 0.717) is 4.32 Å². The van der Waals surface area contributed by atoms with E-state index < -0.39 is 0 Å². The van der Waals surface area contributed by atoms with Gasteiger partial charge in [-0.2, -0.15) is 5.26 Å². The van der Waals surface area contributed by atoms with Gasteiger partial charge in [-0.1, -0.05) is 17.3 Å². The van der Waals surface area contributed by atoms with Gasteiger partial charge in [-0.05, 0) is 12.5 Å². The summed E-state index contributed by atoms with van der Waals surface area (Å²) in [6, 6.07) is 0. The summed E-state index contributed by atoms with van der Waals surface area (Å²) in [5.74, 6) is 0. The minimum Gasteiger partial charge on any atom is -0.204 e. The van der Waals surface area contributed by atoms with Gasteiger partial charge >= 0.3 is 0 Å². The molecule has 0 aliphatic rings. The topological polar surface area (TPSA) is 48.5 Å². The summed E-state index contributed by atoms with van der Waals surface area (Å²) in [7, 11) is -0.353. The monoisotopic (exact) mass is 161 g/mol. The van der Waals surface area contributed by atoms with Crippen LogP contribution in [0.4, 0.5) is 0 Å². The van der Waals surface area contributed by atoms with Gasteiger partial charge in [0.25, 0.3) is 0 Å². The van der Waals surface area contributed by atoms with Crippen LogP contribution in [0.15, 0.2) is 10.2 Å². The van der Waals surface area contributed by atoms with E-state index in [-0.39, 0.29) is 10.9 Å². The second kappa shape index (κ2) is 4.41. The second-order valence-electron chi connectivity index (χ2n) is 1.48. The van der Waals surface area contributed by atoms with Crippen LogP contribution < -0.4 is 0 Å². The number of nitriles is 1. The molecule has 0 atom stereocenters. The molecule has 0 bridgehead atoms. The molecule has 0 heterocycles. The summed E-state index contributed by atoms with van der Waals surface area (Å²) in [5.41, 5.74) is 0. The fraction of sp³-hybridized carbons (Fsp3) is 0.500. The predicted molar refractivity (Wildman–Crippen MR) is 43.9 cm³/mol. The van der Waals surface area contributed by atoms with Gasteiger partial charge in [-0.25, -0.2) is 10.9 Å². The van der Waals surface area contributed by atoms with Gasteiger partial charge in [0.2, 0.25) is 6.19 Å². The van der Waals surface area contributed by atoms with Crippen molar-refractivity contribution in [3.63, 3.8) is 0 Å². The van der Waals surface area contributed by atoms with Gasteiger partial charge in [-0.3, -0.25) is 0 Å². The smallest absolute Gasteiger partial charge is 0.204 e. The zero-order valence-corrected chi connectivity index (χ0v) is 6.91. The van der Waals surface area contributed by atoms with Gasteiger partial charge in [0.05, 0.1) is 0 Å². The van der Waals surface area contributed by atoms with Gasteiger partial charge in [0.15, 0.2) is 4.32 Å². The van der Waals surface area contributed by atoms with E-state index in [1.807, 2.05) is 12.5 Å². The Labute approximate surface area is 62.1 Å². The van der Waals surface area contributed by atoms with Crippen molar-refractivity contribution in [1.29, 1.82) is 5.26 Å². The molecule has 0 aromatic heterocycles. The minimum atomic E-state index is -0.353. The molecule has 50 valence electrons. The van der Waals surface area contributed by atoms with E-state index in [1.165, 1.54) is 6.19 Å². The second-order valence-corrected chi connectivity index (χ2v) is 4.38. The van der Waals surface area contributed by atoms with Crippen LogP contribution in [0.25, 0.3) is 0 Å². The Kier molecular flexibility index (Phi) is 4.18. The van der Waals surface area contributed by atoms with Crippen LogP contribution in [0, 0.1) is 11.5 Å². The van der Waals surface area contributed by atoms with Crippen molar-refractivity contribution in [2.24, 2.45) is 10.2 Å². The Morgan fingerprint density at radius 3 is 2.56 bits per heavy atom. The lowest BCUT2D eigenvalue weighted by Gasteiger charge is -2.01. The molecular formula is C4H7N3S2. The molecule has 3 nitrogen and oxygen atoms in total. The summed E-state index contributed by atoms with van der Waals surface area (Å²) in [6.07, 6.45) is 5.47. The van der Waals surface area contributed by atoms with Crippen LogP contribution in [-0.4, -0.2) is 16.8 Å². The number of rotatable bonds is 0. The van der Waals surface area contributed by atoms with Crippen molar-refractivity contribution >= 4 is 27.4 Å². The fourth-order valence-electron chi connectivity index (χ4n) is 0.155. The van der Waals surface area contributed by atoms with Crippen molar-refractivity contribution < 1.29 is 0 Å². The molecule has 0 N–H and O–H groups in total. The highest BCUT2D eigenvalue weighted by molar-refractivity contribution is 8.35. The molecule has 0 rings (SSSR count). The maximum Gasteiger partial charge on any atom is 0.226 e. The molecule has 0 radical (unpaired) electrons. The highest BCUT2D eigenvalue weighted by Crippen LogP contribution is 2.16. The van der Waals surface area contributed by atoms with Crippen molar-refractivity contribution in [2.45, 2.75) is 0 Å². The third-order valence-corrected chi connectivity index (χ3v) is 2.59. The van der Waals surface area contributed by atoms with E-state index in [9.17, 15) is 0 Å². The van der Waals surface area contributed by atoms with Crippen LogP contribution in [0.2, 0.25) is 0 Å². The standard InChI is InChI=1S/C4H7N3S2/c1-9(2)4(8)7-6-3-5/h9H,1-2H3. The highest BCUT2D eigenvalue weighted by Gasteiger charge is 1.93. The zero-order valence-electron chi connectivity index (χ0n) is 5.20. The third kappa shape index (κ3) is 4.06. The number of nitrogens with zero attached hydrogens (tertiary/aromatic N) is 3. The number of hydrogen-bond acceptors (Lipinski definition) is 3. The van der Waals surface area contributed by atoms with Crippen LogP contribution in [0.1, 0.15) is 0 Å². The molecular weight excluding hydrogens is 154 g/mol. The van der Waals surface area contributed by atoms with E-state index in [2.05, 4.69) is 10.2 Å². The maximum absolute atomic E-state index is 7.93. The molecule has 0 amide bonds. The maximum atomic E-state index is 7.93. The fourth-order valence-corrected chi connectivity index (χ4v) is 0.419. The summed E-state index contributed by atoms with van der Waals surface area (Å²) in [4.78, 5) is 0. The Hall–Kier alpha value is -0.470. The molecule has 5 heteroatoms. The molecule has 0 spiro atoms. The molecule has 0 aliphatic carbocycles. The average Bonchev–Trinajstić information content (AvgIpc) is 1.82. The van der Waals surface area contributed by atoms with E-state index in [0.717, 1.165) is 0 Å². The summed E-state index contributed by atoms with van der Waals surface area (Å²) in [6.45, 7) is 0. The van der Waals surface area contributed by atoms with Gasteiger partial charge in [-0.15, -0.1) is 5.11 Å². The van der Waals surface area contributed by atoms with Crippen molar-refractivity contribution in [3.8, 4) is 6.19 Å². The zero-order chi connectivity index (χ0) is 7.28. The molecule has 9 heavy (non-hydrogen) atoms. The van der Waals surface area contributed by atoms with Crippen molar-refractivity contribution in [3.05, 3.63) is 0 Å². The Bertz CT molecular complexity index is 167. The first-order valence-corrected chi connectivity index (χ1v) is 4.84.